The average molecular weight is 401 g/mol. The summed E-state index contributed by atoms with van der Waals surface area (Å²) in [6, 6.07) is 8.05. The number of pyridine rings is 1. The molecule has 8 nitrogen and oxygen atoms in total. The highest BCUT2D eigenvalue weighted by Gasteiger charge is 2.23. The summed E-state index contributed by atoms with van der Waals surface area (Å²) in [6.07, 6.45) is 0.424. The molecule has 0 saturated carbocycles. The molecule has 0 fully saturated rings. The Morgan fingerprint density at radius 2 is 1.86 bits per heavy atom. The summed E-state index contributed by atoms with van der Waals surface area (Å²) in [7, 11) is 4.90. The van der Waals surface area contributed by atoms with E-state index in [1.807, 2.05) is 34.0 Å². The normalized spacial score (nSPS) is 11.8. The van der Waals surface area contributed by atoms with Crippen LogP contribution in [0.1, 0.15) is 30.6 Å². The molecule has 1 N–H and O–H groups in total. The molecule has 0 spiro atoms. The lowest BCUT2D eigenvalue weighted by Gasteiger charge is -2.18. The topological polar surface area (TPSA) is 97.8 Å². The number of rotatable bonds is 8. The number of methoxy groups -OCH3 is 1. The van der Waals surface area contributed by atoms with Gasteiger partial charge in [0.25, 0.3) is 5.91 Å². The second kappa shape index (κ2) is 9.86. The van der Waals surface area contributed by atoms with Gasteiger partial charge >= 0.3 is 11.9 Å². The van der Waals surface area contributed by atoms with Gasteiger partial charge in [0.15, 0.2) is 6.61 Å². The van der Waals surface area contributed by atoms with Gasteiger partial charge in [0.2, 0.25) is 0 Å². The molecule has 0 aliphatic carbocycles. The van der Waals surface area contributed by atoms with E-state index in [0.29, 0.717) is 28.7 Å². The molecule has 0 unspecified atom stereocenters. The van der Waals surface area contributed by atoms with Crippen LogP contribution in [0.4, 0.5) is 5.82 Å². The van der Waals surface area contributed by atoms with Crippen LogP contribution in [0.5, 0.6) is 0 Å². The molecule has 1 aromatic carbocycles. The van der Waals surface area contributed by atoms with Crippen LogP contribution >= 0.6 is 0 Å². The zero-order valence-electron chi connectivity index (χ0n) is 17.4. The van der Waals surface area contributed by atoms with Crippen LogP contribution in [-0.4, -0.2) is 56.7 Å². The van der Waals surface area contributed by atoms with E-state index in [-0.39, 0.29) is 5.92 Å². The number of hydrogen-bond donors (Lipinski definition) is 1. The molecule has 2 rings (SSSR count). The van der Waals surface area contributed by atoms with Crippen molar-refractivity contribution in [1.29, 1.82) is 0 Å². The Morgan fingerprint density at radius 1 is 1.17 bits per heavy atom. The fraction of sp³-hybridized carbons (Fsp3) is 0.429. The van der Waals surface area contributed by atoms with Crippen molar-refractivity contribution < 1.29 is 23.9 Å². The lowest BCUT2D eigenvalue weighted by molar-refractivity contribution is -0.145. The molecule has 0 radical (unpaired) electrons. The van der Waals surface area contributed by atoms with E-state index in [2.05, 4.69) is 10.3 Å². The number of hydrogen-bond acceptors (Lipinski definition) is 7. The zero-order valence-corrected chi connectivity index (χ0v) is 17.4. The van der Waals surface area contributed by atoms with Gasteiger partial charge in [-0.25, -0.2) is 14.6 Å². The highest BCUT2D eigenvalue weighted by molar-refractivity contribution is 6.05. The van der Waals surface area contributed by atoms with Crippen molar-refractivity contribution in [2.45, 2.75) is 26.3 Å². The highest BCUT2D eigenvalue weighted by atomic mass is 16.5. The van der Waals surface area contributed by atoms with E-state index in [4.69, 9.17) is 9.47 Å². The summed E-state index contributed by atoms with van der Waals surface area (Å²) < 4.78 is 9.92. The van der Waals surface area contributed by atoms with Gasteiger partial charge in [0.05, 0.1) is 18.2 Å². The van der Waals surface area contributed by atoms with Gasteiger partial charge < -0.3 is 19.7 Å². The molecule has 0 saturated heterocycles. The van der Waals surface area contributed by atoms with Gasteiger partial charge in [-0.2, -0.15) is 0 Å². The molecule has 0 aliphatic rings. The third-order valence-electron chi connectivity index (χ3n) is 4.24. The molecule has 0 bridgehead atoms. The Bertz CT molecular complexity index is 895. The highest BCUT2D eigenvalue weighted by Crippen LogP contribution is 2.22. The molecule has 29 heavy (non-hydrogen) atoms. The number of ether oxygens (including phenoxy) is 2. The van der Waals surface area contributed by atoms with Crippen LogP contribution in [0.25, 0.3) is 10.9 Å². The third-order valence-corrected chi connectivity index (χ3v) is 4.24. The van der Waals surface area contributed by atoms with E-state index >= 15 is 0 Å². The number of amides is 1. The molecule has 1 atom stereocenters. The van der Waals surface area contributed by atoms with Crippen LogP contribution in [0.2, 0.25) is 0 Å². The lowest BCUT2D eigenvalue weighted by atomic mass is 10.0. The number of benzene rings is 1. The summed E-state index contributed by atoms with van der Waals surface area (Å²) in [5.41, 5.74) is 0.969. The standard InChI is InChI=1S/C21H27N3O5/c1-13(2)10-17(21(27)28-5)23-19(25)12-29-20(26)15-11-18(24(3)4)22-16-9-7-6-8-14(15)16/h6-9,11,13,17H,10,12H2,1-5H3,(H,23,25)/t17-/m0/s1. The van der Waals surface area contributed by atoms with Gasteiger partial charge in [0, 0.05) is 19.5 Å². The lowest BCUT2D eigenvalue weighted by Crippen LogP contribution is -2.44. The summed E-state index contributed by atoms with van der Waals surface area (Å²) >= 11 is 0. The third kappa shape index (κ3) is 5.91. The van der Waals surface area contributed by atoms with Crippen LogP contribution in [-0.2, 0) is 19.1 Å². The van der Waals surface area contributed by atoms with Crippen molar-refractivity contribution in [1.82, 2.24) is 10.3 Å². The summed E-state index contributed by atoms with van der Waals surface area (Å²) in [5, 5.41) is 3.20. The first-order chi connectivity index (χ1) is 13.7. The SMILES string of the molecule is COC(=O)[C@H](CC(C)C)NC(=O)COC(=O)c1cc(N(C)C)nc2ccccc12. The Labute approximate surface area is 170 Å². The number of aromatic nitrogens is 1. The van der Waals surface area contributed by atoms with Crippen molar-refractivity contribution >= 4 is 34.6 Å². The fourth-order valence-corrected chi connectivity index (χ4v) is 2.83. The molecule has 156 valence electrons. The van der Waals surface area contributed by atoms with Crippen LogP contribution in [0, 0.1) is 5.92 Å². The summed E-state index contributed by atoms with van der Waals surface area (Å²) in [6.45, 7) is 3.36. The number of anilines is 1. The summed E-state index contributed by atoms with van der Waals surface area (Å²) in [4.78, 5) is 43.0. The van der Waals surface area contributed by atoms with Gasteiger partial charge in [-0.1, -0.05) is 32.0 Å². The summed E-state index contributed by atoms with van der Waals surface area (Å²) in [5.74, 6) is -0.965. The number of esters is 2. The molecule has 0 aliphatic heterocycles. The second-order valence-electron chi connectivity index (χ2n) is 7.29. The largest absolute Gasteiger partial charge is 0.467 e. The van der Waals surface area contributed by atoms with Crippen LogP contribution < -0.4 is 10.2 Å². The zero-order chi connectivity index (χ0) is 21.6. The Morgan fingerprint density at radius 3 is 2.48 bits per heavy atom. The minimum atomic E-state index is -0.784. The van der Waals surface area contributed by atoms with E-state index in [1.54, 1.807) is 29.2 Å². The number of carbonyl (C=O) groups excluding carboxylic acids is 3. The van der Waals surface area contributed by atoms with Gasteiger partial charge in [0.1, 0.15) is 11.9 Å². The number of para-hydroxylation sites is 1. The molecular weight excluding hydrogens is 374 g/mol. The van der Waals surface area contributed by atoms with Crippen LogP contribution in [0.3, 0.4) is 0 Å². The quantitative estimate of drug-likeness (QED) is 0.677. The molecule has 1 aromatic heterocycles. The maximum Gasteiger partial charge on any atom is 0.339 e. The number of fused-ring (bicyclic) bond motifs is 1. The van der Waals surface area contributed by atoms with E-state index in [0.717, 1.165) is 0 Å². The Balaban J connectivity index is 2.12. The van der Waals surface area contributed by atoms with E-state index in [9.17, 15) is 14.4 Å². The Kier molecular flexibility index (Phi) is 7.52. The predicted molar refractivity (Wildman–Crippen MR) is 110 cm³/mol. The van der Waals surface area contributed by atoms with Gasteiger partial charge in [-0.3, -0.25) is 4.79 Å². The molecule has 1 amide bonds. The number of nitrogens with zero attached hydrogens (tertiary/aromatic N) is 2. The maximum atomic E-state index is 12.7. The first-order valence-electron chi connectivity index (χ1n) is 9.34. The minimum Gasteiger partial charge on any atom is -0.467 e. The molecule has 2 aromatic rings. The second-order valence-corrected chi connectivity index (χ2v) is 7.29. The van der Waals surface area contributed by atoms with Crippen molar-refractivity contribution in [2.75, 3.05) is 32.7 Å². The number of carbonyl (C=O) groups is 3. The van der Waals surface area contributed by atoms with Crippen molar-refractivity contribution in [3.63, 3.8) is 0 Å². The fourth-order valence-electron chi connectivity index (χ4n) is 2.83. The van der Waals surface area contributed by atoms with Gasteiger partial charge in [-0.05, 0) is 24.5 Å². The first kappa shape index (κ1) is 22.1. The maximum absolute atomic E-state index is 12.7. The molecule has 1 heterocycles. The van der Waals surface area contributed by atoms with Crippen molar-refractivity contribution in [3.8, 4) is 0 Å². The Hall–Kier alpha value is -3.16. The minimum absolute atomic E-state index is 0.176. The van der Waals surface area contributed by atoms with Crippen molar-refractivity contribution in [3.05, 3.63) is 35.9 Å². The first-order valence-corrected chi connectivity index (χ1v) is 9.34. The molecule has 8 heteroatoms. The van der Waals surface area contributed by atoms with E-state index < -0.39 is 30.5 Å². The van der Waals surface area contributed by atoms with E-state index in [1.165, 1.54) is 7.11 Å². The number of nitrogens with one attached hydrogen (secondary N) is 1. The van der Waals surface area contributed by atoms with Crippen LogP contribution in [0.15, 0.2) is 30.3 Å². The van der Waals surface area contributed by atoms with Gasteiger partial charge in [-0.15, -0.1) is 0 Å². The smallest absolute Gasteiger partial charge is 0.339 e. The predicted octanol–water partition coefficient (Wildman–Crippen LogP) is 2.16. The molecular formula is C21H27N3O5. The van der Waals surface area contributed by atoms with Crippen molar-refractivity contribution in [2.24, 2.45) is 5.92 Å². The monoisotopic (exact) mass is 401 g/mol. The average Bonchev–Trinajstić information content (AvgIpc) is 2.69.